The van der Waals surface area contributed by atoms with Crippen molar-refractivity contribution in [2.45, 2.75) is 0 Å². The molecule has 0 saturated carbocycles. The zero-order chi connectivity index (χ0) is 4.99. The summed E-state index contributed by atoms with van der Waals surface area (Å²) in [7, 11) is 0. The monoisotopic (exact) mass is 108 g/mol. The van der Waals surface area contributed by atoms with Crippen molar-refractivity contribution in [3.63, 3.8) is 0 Å². The fraction of sp³-hybridized carbons (Fsp3) is 0. The van der Waals surface area contributed by atoms with Gasteiger partial charge in [0.1, 0.15) is 11.3 Å². The standard InChI is InChI=1S/CH4N2O2S/c2-1(3-4)6-5/h3-4H,2H2. The Morgan fingerprint density at radius 2 is 2.50 bits per heavy atom. The summed E-state index contributed by atoms with van der Waals surface area (Å²) in [4.78, 5) is 0. The molecule has 0 fully saturated rings. The summed E-state index contributed by atoms with van der Waals surface area (Å²) >= 11 is 0.00810. The SMILES string of the molecule is NC(NO)=S=O. The molecule has 0 bridgehead atoms. The van der Waals surface area contributed by atoms with E-state index in [0.29, 0.717) is 0 Å². The number of nitrogens with two attached hydrogens (primary N) is 1. The van der Waals surface area contributed by atoms with Crippen molar-refractivity contribution < 1.29 is 9.42 Å². The smallest absolute Gasteiger partial charge is 0.175 e. The third-order valence-electron chi connectivity index (χ3n) is 0.200. The molecule has 0 unspecified atom stereocenters. The van der Waals surface area contributed by atoms with Crippen LogP contribution in [0.5, 0.6) is 0 Å². The molecule has 0 amide bonds. The third kappa shape index (κ3) is 2.04. The second-order valence-electron chi connectivity index (χ2n) is 0.559. The van der Waals surface area contributed by atoms with Gasteiger partial charge in [-0.15, -0.1) is 0 Å². The second kappa shape index (κ2) is 2.98. The molecule has 0 aromatic carbocycles. The summed E-state index contributed by atoms with van der Waals surface area (Å²) in [5, 5.41) is 7.46. The van der Waals surface area contributed by atoms with Crippen LogP contribution in [0.1, 0.15) is 0 Å². The Kier molecular flexibility index (Phi) is 2.87. The summed E-state index contributed by atoms with van der Waals surface area (Å²) in [5.74, 6) is 0. The molecule has 36 valence electrons. The van der Waals surface area contributed by atoms with Crippen molar-refractivity contribution in [2.75, 3.05) is 0 Å². The largest absolute Gasteiger partial charge is 0.310 e. The summed E-state index contributed by atoms with van der Waals surface area (Å²) in [6, 6.07) is 0. The van der Waals surface area contributed by atoms with Crippen LogP contribution < -0.4 is 11.2 Å². The average molecular weight is 108 g/mol. The molecule has 0 aliphatic carbocycles. The molecule has 0 atom stereocenters. The zero-order valence-electron chi connectivity index (χ0n) is 2.84. The van der Waals surface area contributed by atoms with Crippen molar-refractivity contribution in [3.8, 4) is 0 Å². The van der Waals surface area contributed by atoms with E-state index < -0.39 is 0 Å². The topological polar surface area (TPSA) is 75.3 Å². The summed E-state index contributed by atoms with van der Waals surface area (Å²) in [5.41, 5.74) is 6.14. The number of nitrogens with one attached hydrogen (secondary N) is 1. The lowest BCUT2D eigenvalue weighted by Gasteiger charge is -1.80. The predicted octanol–water partition coefficient (Wildman–Crippen LogP) is -1.78. The number of rotatable bonds is 0. The maximum atomic E-state index is 9.39. The summed E-state index contributed by atoms with van der Waals surface area (Å²) in [6.07, 6.45) is 0. The quantitative estimate of drug-likeness (QED) is 0.253. The van der Waals surface area contributed by atoms with Crippen LogP contribution in [0.3, 0.4) is 0 Å². The van der Waals surface area contributed by atoms with E-state index in [1.54, 1.807) is 0 Å². The first-order chi connectivity index (χ1) is 2.81. The molecule has 0 saturated heterocycles. The van der Waals surface area contributed by atoms with Gasteiger partial charge in [0, 0.05) is 0 Å². The van der Waals surface area contributed by atoms with Gasteiger partial charge in [-0.1, -0.05) is 0 Å². The van der Waals surface area contributed by atoms with Gasteiger partial charge < -0.3 is 5.21 Å². The van der Waals surface area contributed by atoms with Gasteiger partial charge in [0.25, 0.3) is 0 Å². The van der Waals surface area contributed by atoms with Gasteiger partial charge in [-0.2, -0.15) is 5.48 Å². The van der Waals surface area contributed by atoms with Crippen molar-refractivity contribution >= 4 is 16.4 Å². The van der Waals surface area contributed by atoms with Crippen LogP contribution in [-0.4, -0.2) is 14.5 Å². The van der Waals surface area contributed by atoms with Crippen LogP contribution in [0.25, 0.3) is 0 Å². The van der Waals surface area contributed by atoms with E-state index in [-0.39, 0.29) is 16.4 Å². The van der Waals surface area contributed by atoms with Crippen molar-refractivity contribution in [1.82, 2.24) is 5.48 Å². The Balaban J connectivity index is 3.52. The van der Waals surface area contributed by atoms with Crippen molar-refractivity contribution in [3.05, 3.63) is 0 Å². The molecule has 0 aromatic heterocycles. The van der Waals surface area contributed by atoms with E-state index in [1.165, 1.54) is 5.48 Å². The van der Waals surface area contributed by atoms with Crippen LogP contribution in [0, 0.1) is 0 Å². The van der Waals surface area contributed by atoms with Crippen LogP contribution >= 0.6 is 0 Å². The lowest BCUT2D eigenvalue weighted by molar-refractivity contribution is 0.236. The van der Waals surface area contributed by atoms with Gasteiger partial charge in [-0.25, -0.2) is 4.21 Å². The summed E-state index contributed by atoms with van der Waals surface area (Å²) in [6.45, 7) is 0. The fourth-order valence-corrected chi connectivity index (χ4v) is 0.0559. The maximum absolute atomic E-state index is 9.39. The van der Waals surface area contributed by atoms with E-state index in [1.807, 2.05) is 0 Å². The highest BCUT2D eigenvalue weighted by Crippen LogP contribution is 1.33. The Bertz CT molecular complexity index is 85.5. The highest BCUT2D eigenvalue weighted by atomic mass is 32.1. The number of hydroxylamine groups is 1. The molecule has 0 aromatic rings. The second-order valence-corrected chi connectivity index (χ2v) is 1.17. The van der Waals surface area contributed by atoms with E-state index in [4.69, 9.17) is 5.21 Å². The Labute approximate surface area is 38.0 Å². The molecule has 4 nitrogen and oxygen atoms in total. The molecule has 0 radical (unpaired) electrons. The minimum atomic E-state index is -0.241. The maximum Gasteiger partial charge on any atom is 0.175 e. The molecular formula is CH4N2O2S. The number of hydrogen-bond acceptors (Lipinski definition) is 2. The van der Waals surface area contributed by atoms with E-state index >= 15 is 0 Å². The van der Waals surface area contributed by atoms with Gasteiger partial charge in [-0.05, 0) is 0 Å². The molecular weight excluding hydrogens is 104 g/mol. The van der Waals surface area contributed by atoms with E-state index in [9.17, 15) is 4.21 Å². The minimum Gasteiger partial charge on any atom is -0.310 e. The molecule has 0 heterocycles. The van der Waals surface area contributed by atoms with Crippen LogP contribution in [0.2, 0.25) is 0 Å². The molecule has 4 N–H and O–H groups in total. The first-order valence-corrected chi connectivity index (χ1v) is 1.87. The van der Waals surface area contributed by atoms with Crippen LogP contribution in [-0.2, 0) is 11.3 Å². The highest BCUT2D eigenvalue weighted by Gasteiger charge is 1.75. The Morgan fingerprint density at radius 1 is 2.00 bits per heavy atom. The molecule has 6 heavy (non-hydrogen) atoms. The first kappa shape index (κ1) is 5.77. The summed E-state index contributed by atoms with van der Waals surface area (Å²) < 4.78 is 9.39. The molecule has 0 aliphatic heterocycles. The molecule has 0 spiro atoms. The van der Waals surface area contributed by atoms with E-state index in [0.717, 1.165) is 0 Å². The molecule has 0 rings (SSSR count). The highest BCUT2D eigenvalue weighted by molar-refractivity contribution is 7.66. The van der Waals surface area contributed by atoms with Crippen LogP contribution in [0.4, 0.5) is 0 Å². The molecule has 0 aliphatic rings. The van der Waals surface area contributed by atoms with E-state index in [2.05, 4.69) is 5.73 Å². The van der Waals surface area contributed by atoms with Gasteiger partial charge in [0.05, 0.1) is 0 Å². The first-order valence-electron chi connectivity index (χ1n) is 1.13. The predicted molar refractivity (Wildman–Crippen MR) is 22.3 cm³/mol. The number of hydrogen-bond donors (Lipinski definition) is 3. The van der Waals surface area contributed by atoms with Crippen LogP contribution in [0.15, 0.2) is 0 Å². The van der Waals surface area contributed by atoms with Crippen molar-refractivity contribution in [2.24, 2.45) is 5.73 Å². The van der Waals surface area contributed by atoms with Gasteiger partial charge in [0.2, 0.25) is 0 Å². The van der Waals surface area contributed by atoms with Gasteiger partial charge in [-0.3, -0.25) is 5.73 Å². The Morgan fingerprint density at radius 3 is 2.50 bits per heavy atom. The molecule has 5 heteroatoms. The van der Waals surface area contributed by atoms with Gasteiger partial charge >= 0.3 is 0 Å². The van der Waals surface area contributed by atoms with Gasteiger partial charge in [0.15, 0.2) is 5.11 Å². The fourth-order valence-electron chi connectivity index (χ4n) is 0.0186. The lowest BCUT2D eigenvalue weighted by atomic mass is 11.2. The van der Waals surface area contributed by atoms with Crippen molar-refractivity contribution in [1.29, 1.82) is 0 Å². The Hall–Kier alpha value is -0.230. The minimum absolute atomic E-state index is 0.00810. The average Bonchev–Trinajstić information content (AvgIpc) is 1.65. The zero-order valence-corrected chi connectivity index (χ0v) is 3.66. The third-order valence-corrected chi connectivity index (χ3v) is 0.471. The normalized spacial score (nSPS) is 7.67. The lowest BCUT2D eigenvalue weighted by Crippen LogP contribution is -2.27.